The van der Waals surface area contributed by atoms with Crippen molar-refractivity contribution >= 4 is 5.97 Å². The maximum absolute atomic E-state index is 11.7. The molecule has 5 atom stereocenters. The van der Waals surface area contributed by atoms with Crippen LogP contribution in [0.1, 0.15) is 19.4 Å². The summed E-state index contributed by atoms with van der Waals surface area (Å²) in [5.74, 6) is -1.60. The summed E-state index contributed by atoms with van der Waals surface area (Å²) in [7, 11) is 1.21. The number of rotatable bonds is 5. The second-order valence-electron chi connectivity index (χ2n) is 6.30. The highest BCUT2D eigenvalue weighted by Gasteiger charge is 2.58. The van der Waals surface area contributed by atoms with E-state index in [2.05, 4.69) is 4.74 Å². The van der Waals surface area contributed by atoms with Gasteiger partial charge in [0.15, 0.2) is 18.2 Å². The van der Waals surface area contributed by atoms with E-state index in [0.29, 0.717) is 6.61 Å². The van der Waals surface area contributed by atoms with Crippen molar-refractivity contribution in [2.75, 3.05) is 7.11 Å². The zero-order chi connectivity index (χ0) is 17.3. The van der Waals surface area contributed by atoms with Gasteiger partial charge in [-0.1, -0.05) is 30.3 Å². The fourth-order valence-corrected chi connectivity index (χ4v) is 2.97. The monoisotopic (exact) mass is 338 g/mol. The normalized spacial score (nSPS) is 32.3. The van der Waals surface area contributed by atoms with Gasteiger partial charge in [-0.25, -0.2) is 4.79 Å². The molecule has 2 heterocycles. The van der Waals surface area contributed by atoms with E-state index in [1.807, 2.05) is 30.3 Å². The van der Waals surface area contributed by atoms with Gasteiger partial charge in [-0.05, 0) is 19.4 Å². The number of aliphatic hydroxyl groups excluding tert-OH is 1. The van der Waals surface area contributed by atoms with Crippen molar-refractivity contribution in [2.45, 2.75) is 56.9 Å². The molecule has 0 amide bonds. The van der Waals surface area contributed by atoms with Crippen LogP contribution >= 0.6 is 0 Å². The molecule has 0 aromatic heterocycles. The van der Waals surface area contributed by atoms with Crippen LogP contribution in [0, 0.1) is 0 Å². The smallest absolute Gasteiger partial charge is 0.337 e. The average molecular weight is 338 g/mol. The molecule has 0 spiro atoms. The Bertz CT molecular complexity index is 574. The van der Waals surface area contributed by atoms with Gasteiger partial charge in [0.05, 0.1) is 13.7 Å². The van der Waals surface area contributed by atoms with Gasteiger partial charge in [0.1, 0.15) is 18.3 Å². The highest BCUT2D eigenvalue weighted by atomic mass is 16.8. The molecule has 0 bridgehead atoms. The SMILES string of the molecule is COC(=O)[C@@H](O)[C@H]1O[C@@H]2OC(C)(C)O[C@@H]2[C@H]1OCc1ccccc1. The Kier molecular flexibility index (Phi) is 4.89. The summed E-state index contributed by atoms with van der Waals surface area (Å²) in [6.07, 6.45) is -4.30. The van der Waals surface area contributed by atoms with Gasteiger partial charge >= 0.3 is 5.97 Å². The maximum Gasteiger partial charge on any atom is 0.337 e. The molecule has 0 aliphatic carbocycles. The standard InChI is InChI=1S/C17H22O7/c1-17(2)23-14-13(21-9-10-7-5-4-6-8-10)12(22-16(14)24-17)11(18)15(19)20-3/h4-8,11-14,16,18H,9H2,1-3H3/t11-,12+,13-,14+,16+/m0/s1. The van der Waals surface area contributed by atoms with Crippen molar-refractivity contribution in [2.24, 2.45) is 0 Å². The van der Waals surface area contributed by atoms with E-state index >= 15 is 0 Å². The molecule has 0 saturated carbocycles. The molecule has 1 N–H and O–H groups in total. The zero-order valence-electron chi connectivity index (χ0n) is 13.9. The first kappa shape index (κ1) is 17.3. The number of carbonyl (C=O) groups is 1. The number of fused-ring (bicyclic) bond motifs is 1. The molecule has 0 unspecified atom stereocenters. The van der Waals surface area contributed by atoms with E-state index in [4.69, 9.17) is 18.9 Å². The Labute approximate surface area is 140 Å². The van der Waals surface area contributed by atoms with Crippen LogP contribution < -0.4 is 0 Å². The lowest BCUT2D eigenvalue weighted by atomic mass is 10.1. The Balaban J connectivity index is 1.75. The van der Waals surface area contributed by atoms with Crippen LogP contribution in [-0.2, 0) is 35.1 Å². The number of esters is 1. The largest absolute Gasteiger partial charge is 0.467 e. The van der Waals surface area contributed by atoms with E-state index in [1.54, 1.807) is 13.8 Å². The van der Waals surface area contributed by atoms with Crippen molar-refractivity contribution in [3.8, 4) is 0 Å². The third-order valence-corrected chi connectivity index (χ3v) is 4.07. The van der Waals surface area contributed by atoms with Gasteiger partial charge < -0.3 is 28.8 Å². The lowest BCUT2D eigenvalue weighted by Crippen LogP contribution is -2.46. The zero-order valence-corrected chi connectivity index (χ0v) is 13.9. The summed E-state index contributed by atoms with van der Waals surface area (Å²) in [6.45, 7) is 3.84. The molecule has 132 valence electrons. The molecule has 2 aliphatic heterocycles. The number of methoxy groups -OCH3 is 1. The molecule has 7 nitrogen and oxygen atoms in total. The molecular weight excluding hydrogens is 316 g/mol. The Morgan fingerprint density at radius 3 is 2.67 bits per heavy atom. The molecule has 24 heavy (non-hydrogen) atoms. The van der Waals surface area contributed by atoms with Crippen molar-refractivity contribution in [1.82, 2.24) is 0 Å². The molecule has 2 fully saturated rings. The summed E-state index contributed by atoms with van der Waals surface area (Å²) in [4.78, 5) is 11.7. The van der Waals surface area contributed by atoms with Crippen LogP contribution in [0.4, 0.5) is 0 Å². The third-order valence-electron chi connectivity index (χ3n) is 4.07. The van der Waals surface area contributed by atoms with Crippen LogP contribution in [0.25, 0.3) is 0 Å². The molecule has 1 aromatic rings. The minimum atomic E-state index is -1.48. The molecule has 3 rings (SSSR count). The van der Waals surface area contributed by atoms with E-state index in [-0.39, 0.29) is 0 Å². The van der Waals surface area contributed by atoms with Crippen molar-refractivity contribution in [3.05, 3.63) is 35.9 Å². The van der Waals surface area contributed by atoms with Crippen LogP contribution in [0.15, 0.2) is 30.3 Å². The molecule has 0 radical (unpaired) electrons. The predicted molar refractivity (Wildman–Crippen MR) is 81.7 cm³/mol. The van der Waals surface area contributed by atoms with Gasteiger partial charge in [-0.15, -0.1) is 0 Å². The molecular formula is C17H22O7. The van der Waals surface area contributed by atoms with Crippen LogP contribution in [0.5, 0.6) is 0 Å². The highest BCUT2D eigenvalue weighted by Crippen LogP contribution is 2.40. The van der Waals surface area contributed by atoms with E-state index in [9.17, 15) is 9.90 Å². The maximum atomic E-state index is 11.7. The minimum absolute atomic E-state index is 0.298. The van der Waals surface area contributed by atoms with Gasteiger partial charge in [0.25, 0.3) is 0 Å². The van der Waals surface area contributed by atoms with Crippen molar-refractivity contribution in [1.29, 1.82) is 0 Å². The molecule has 2 saturated heterocycles. The summed E-state index contributed by atoms with van der Waals surface area (Å²) < 4.78 is 27.7. The number of ether oxygens (including phenoxy) is 5. The summed E-state index contributed by atoms with van der Waals surface area (Å²) in [5, 5.41) is 10.2. The van der Waals surface area contributed by atoms with E-state index < -0.39 is 42.5 Å². The van der Waals surface area contributed by atoms with Crippen LogP contribution in [-0.4, -0.2) is 54.7 Å². The van der Waals surface area contributed by atoms with Gasteiger partial charge in [0.2, 0.25) is 0 Å². The van der Waals surface area contributed by atoms with E-state index in [1.165, 1.54) is 7.11 Å². The predicted octanol–water partition coefficient (Wildman–Crippen LogP) is 0.982. The lowest BCUT2D eigenvalue weighted by molar-refractivity contribution is -0.231. The second-order valence-corrected chi connectivity index (χ2v) is 6.30. The Morgan fingerprint density at radius 1 is 1.29 bits per heavy atom. The van der Waals surface area contributed by atoms with Crippen LogP contribution in [0.2, 0.25) is 0 Å². The molecule has 1 aromatic carbocycles. The number of hydrogen-bond acceptors (Lipinski definition) is 7. The average Bonchev–Trinajstić information content (AvgIpc) is 3.04. The summed E-state index contributed by atoms with van der Waals surface area (Å²) in [5.41, 5.74) is 0.963. The van der Waals surface area contributed by atoms with Crippen LogP contribution in [0.3, 0.4) is 0 Å². The first-order chi connectivity index (χ1) is 11.4. The van der Waals surface area contributed by atoms with Gasteiger partial charge in [-0.2, -0.15) is 0 Å². The van der Waals surface area contributed by atoms with Gasteiger partial charge in [0, 0.05) is 0 Å². The fraction of sp³-hybridized carbons (Fsp3) is 0.588. The molecule has 7 heteroatoms. The van der Waals surface area contributed by atoms with Crippen molar-refractivity contribution in [3.63, 3.8) is 0 Å². The fourth-order valence-electron chi connectivity index (χ4n) is 2.97. The lowest BCUT2D eigenvalue weighted by Gasteiger charge is -2.27. The van der Waals surface area contributed by atoms with E-state index in [0.717, 1.165) is 5.56 Å². The molecule has 2 aliphatic rings. The summed E-state index contributed by atoms with van der Waals surface area (Å²) in [6, 6.07) is 9.58. The summed E-state index contributed by atoms with van der Waals surface area (Å²) >= 11 is 0. The highest BCUT2D eigenvalue weighted by molar-refractivity contribution is 5.75. The first-order valence-electron chi connectivity index (χ1n) is 7.84. The quantitative estimate of drug-likeness (QED) is 0.801. The second kappa shape index (κ2) is 6.78. The number of hydrogen-bond donors (Lipinski definition) is 1. The minimum Gasteiger partial charge on any atom is -0.467 e. The Hall–Kier alpha value is -1.51. The first-order valence-corrected chi connectivity index (χ1v) is 7.84. The van der Waals surface area contributed by atoms with Gasteiger partial charge in [-0.3, -0.25) is 0 Å². The number of carbonyl (C=O) groups excluding carboxylic acids is 1. The Morgan fingerprint density at radius 2 is 2.00 bits per heavy atom. The van der Waals surface area contributed by atoms with Crippen molar-refractivity contribution < 1.29 is 33.6 Å². The third kappa shape index (κ3) is 3.45. The number of aliphatic hydroxyl groups is 1. The number of benzene rings is 1. The topological polar surface area (TPSA) is 83.5 Å².